The van der Waals surface area contributed by atoms with Gasteiger partial charge in [-0.15, -0.1) is 0 Å². The van der Waals surface area contributed by atoms with E-state index in [0.717, 1.165) is 10.6 Å². The van der Waals surface area contributed by atoms with Gasteiger partial charge in [0, 0.05) is 10.6 Å². The minimum atomic E-state index is 0.349. The zero-order valence-corrected chi connectivity index (χ0v) is 10.7. The molecular formula is C12H10ClNO2S. The molecule has 0 fully saturated rings. The molecule has 2 rings (SSSR count). The quantitative estimate of drug-likeness (QED) is 0.794. The second-order valence-electron chi connectivity index (χ2n) is 3.25. The predicted octanol–water partition coefficient (Wildman–Crippen LogP) is 3.67. The van der Waals surface area contributed by atoms with Gasteiger partial charge in [-0.05, 0) is 19.1 Å². The van der Waals surface area contributed by atoms with Gasteiger partial charge in [-0.25, -0.2) is 4.98 Å². The smallest absolute Gasteiger partial charge is 0.205 e. The van der Waals surface area contributed by atoms with E-state index in [9.17, 15) is 4.79 Å². The number of ether oxygens (including phenoxy) is 1. The topological polar surface area (TPSA) is 39.2 Å². The van der Waals surface area contributed by atoms with Crippen molar-refractivity contribution in [3.8, 4) is 15.6 Å². The third-order valence-corrected chi connectivity index (χ3v) is 3.38. The lowest BCUT2D eigenvalue weighted by Gasteiger charge is -1.96. The summed E-state index contributed by atoms with van der Waals surface area (Å²) in [7, 11) is 0. The number of hydrogen-bond acceptors (Lipinski definition) is 4. The molecule has 5 heteroatoms. The third-order valence-electron chi connectivity index (χ3n) is 2.10. The van der Waals surface area contributed by atoms with Crippen molar-refractivity contribution in [2.75, 3.05) is 6.61 Å². The van der Waals surface area contributed by atoms with Crippen LogP contribution < -0.4 is 4.74 Å². The molecule has 17 heavy (non-hydrogen) atoms. The van der Waals surface area contributed by atoms with Gasteiger partial charge in [0.15, 0.2) is 12.0 Å². The number of carbonyl (C=O) groups is 1. The number of thiazole rings is 1. The fourth-order valence-electron chi connectivity index (χ4n) is 1.34. The Bertz CT molecular complexity index is 522. The zero-order valence-electron chi connectivity index (χ0n) is 9.14. The van der Waals surface area contributed by atoms with E-state index in [1.165, 1.54) is 11.3 Å². The maximum atomic E-state index is 10.8. The maximum absolute atomic E-state index is 10.8. The Morgan fingerprint density at radius 2 is 2.12 bits per heavy atom. The molecule has 0 saturated heterocycles. The number of carbonyl (C=O) groups excluding carboxylic acids is 1. The number of aromatic nitrogens is 1. The molecule has 3 nitrogen and oxygen atoms in total. The lowest BCUT2D eigenvalue weighted by Crippen LogP contribution is -1.92. The molecule has 0 aliphatic carbocycles. The van der Waals surface area contributed by atoms with Crippen LogP contribution in [0.4, 0.5) is 0 Å². The number of benzene rings is 1. The van der Waals surface area contributed by atoms with Crippen LogP contribution >= 0.6 is 22.9 Å². The molecular weight excluding hydrogens is 258 g/mol. The molecule has 2 aromatic rings. The summed E-state index contributed by atoms with van der Waals surface area (Å²) in [5, 5.41) is 1.99. The summed E-state index contributed by atoms with van der Waals surface area (Å²) in [4.78, 5) is 15.1. The van der Waals surface area contributed by atoms with Crippen LogP contribution in [0.15, 0.2) is 24.3 Å². The van der Waals surface area contributed by atoms with Crippen molar-refractivity contribution in [1.29, 1.82) is 0 Å². The molecule has 1 aromatic carbocycles. The van der Waals surface area contributed by atoms with Crippen molar-refractivity contribution in [2.24, 2.45) is 0 Å². The van der Waals surface area contributed by atoms with Crippen LogP contribution in [0.1, 0.15) is 17.4 Å². The number of rotatable bonds is 4. The minimum absolute atomic E-state index is 0.349. The van der Waals surface area contributed by atoms with Gasteiger partial charge < -0.3 is 4.74 Å². The molecule has 0 aliphatic rings. The summed E-state index contributed by atoms with van der Waals surface area (Å²) in [6, 6.07) is 7.31. The van der Waals surface area contributed by atoms with Gasteiger partial charge in [0.1, 0.15) is 5.01 Å². The lowest BCUT2D eigenvalue weighted by molar-refractivity contribution is 0.111. The largest absolute Gasteiger partial charge is 0.482 e. The van der Waals surface area contributed by atoms with Crippen molar-refractivity contribution in [2.45, 2.75) is 6.92 Å². The molecule has 0 atom stereocenters. The standard InChI is InChI=1S/C12H10ClNO2S/c1-2-16-12-10(7-15)14-11(17-12)8-3-5-9(13)6-4-8/h3-7H,2H2,1H3. The first-order chi connectivity index (χ1) is 8.24. The van der Waals surface area contributed by atoms with Crippen LogP contribution in [0.25, 0.3) is 10.6 Å². The van der Waals surface area contributed by atoms with Crippen molar-refractivity contribution in [3.63, 3.8) is 0 Å². The Balaban J connectivity index is 2.38. The van der Waals surface area contributed by atoms with E-state index in [1.807, 2.05) is 19.1 Å². The molecule has 0 N–H and O–H groups in total. The van der Waals surface area contributed by atoms with Gasteiger partial charge in [0.25, 0.3) is 0 Å². The van der Waals surface area contributed by atoms with Crippen LogP contribution in [-0.2, 0) is 0 Å². The molecule has 0 unspecified atom stereocenters. The van der Waals surface area contributed by atoms with E-state index in [4.69, 9.17) is 16.3 Å². The molecule has 0 aliphatic heterocycles. The Morgan fingerprint density at radius 3 is 2.71 bits per heavy atom. The van der Waals surface area contributed by atoms with Crippen LogP contribution in [0.2, 0.25) is 5.02 Å². The number of nitrogens with zero attached hydrogens (tertiary/aromatic N) is 1. The minimum Gasteiger partial charge on any atom is -0.482 e. The van der Waals surface area contributed by atoms with Crippen LogP contribution in [0.3, 0.4) is 0 Å². The van der Waals surface area contributed by atoms with Crippen molar-refractivity contribution < 1.29 is 9.53 Å². The van der Waals surface area contributed by atoms with Gasteiger partial charge in [-0.1, -0.05) is 35.1 Å². The van der Waals surface area contributed by atoms with E-state index in [1.54, 1.807) is 12.1 Å². The fraction of sp³-hybridized carbons (Fsp3) is 0.167. The summed E-state index contributed by atoms with van der Waals surface area (Å²) in [5.74, 6) is 0. The molecule has 0 radical (unpaired) electrons. The number of halogens is 1. The van der Waals surface area contributed by atoms with Crippen LogP contribution in [0.5, 0.6) is 5.06 Å². The second-order valence-corrected chi connectivity index (χ2v) is 4.65. The number of hydrogen-bond donors (Lipinski definition) is 0. The first-order valence-electron chi connectivity index (χ1n) is 5.09. The molecule has 88 valence electrons. The average Bonchev–Trinajstić information content (AvgIpc) is 2.74. The van der Waals surface area contributed by atoms with Crippen molar-refractivity contribution in [3.05, 3.63) is 35.0 Å². The van der Waals surface area contributed by atoms with Gasteiger partial charge >= 0.3 is 0 Å². The van der Waals surface area contributed by atoms with E-state index < -0.39 is 0 Å². The fourth-order valence-corrected chi connectivity index (χ4v) is 2.42. The lowest BCUT2D eigenvalue weighted by atomic mass is 10.2. The first kappa shape index (κ1) is 12.1. The molecule has 0 spiro atoms. The molecule has 0 bridgehead atoms. The highest BCUT2D eigenvalue weighted by Gasteiger charge is 2.12. The molecule has 1 heterocycles. The van der Waals surface area contributed by atoms with E-state index in [0.29, 0.717) is 28.7 Å². The summed E-state index contributed by atoms with van der Waals surface area (Å²) in [5.41, 5.74) is 1.27. The van der Waals surface area contributed by atoms with Gasteiger partial charge in [0.05, 0.1) is 6.61 Å². The first-order valence-corrected chi connectivity index (χ1v) is 6.28. The Kier molecular flexibility index (Phi) is 3.76. The Morgan fingerprint density at radius 1 is 1.41 bits per heavy atom. The Hall–Kier alpha value is -1.39. The maximum Gasteiger partial charge on any atom is 0.205 e. The van der Waals surface area contributed by atoms with E-state index >= 15 is 0 Å². The highest BCUT2D eigenvalue weighted by Crippen LogP contribution is 2.33. The Labute approximate surface area is 108 Å². The van der Waals surface area contributed by atoms with E-state index in [2.05, 4.69) is 4.98 Å². The van der Waals surface area contributed by atoms with Gasteiger partial charge in [-0.3, -0.25) is 4.79 Å². The van der Waals surface area contributed by atoms with Gasteiger partial charge in [0.2, 0.25) is 5.06 Å². The van der Waals surface area contributed by atoms with E-state index in [-0.39, 0.29) is 0 Å². The predicted molar refractivity (Wildman–Crippen MR) is 69.1 cm³/mol. The summed E-state index contributed by atoms with van der Waals surface area (Å²) in [6.07, 6.45) is 0.709. The van der Waals surface area contributed by atoms with Crippen molar-refractivity contribution in [1.82, 2.24) is 4.98 Å². The highest BCUT2D eigenvalue weighted by molar-refractivity contribution is 7.17. The summed E-state index contributed by atoms with van der Waals surface area (Å²) >= 11 is 7.17. The summed E-state index contributed by atoms with van der Waals surface area (Å²) in [6.45, 7) is 2.39. The monoisotopic (exact) mass is 267 g/mol. The molecule has 1 aromatic heterocycles. The normalized spacial score (nSPS) is 10.2. The van der Waals surface area contributed by atoms with Crippen molar-refractivity contribution >= 4 is 29.2 Å². The molecule has 0 amide bonds. The second kappa shape index (κ2) is 5.29. The third kappa shape index (κ3) is 2.65. The van der Waals surface area contributed by atoms with Crippen LogP contribution in [0, 0.1) is 0 Å². The SMILES string of the molecule is CCOc1sc(-c2ccc(Cl)cc2)nc1C=O. The zero-order chi connectivity index (χ0) is 12.3. The summed E-state index contributed by atoms with van der Waals surface area (Å²) < 4.78 is 5.35. The molecule has 0 saturated carbocycles. The highest BCUT2D eigenvalue weighted by atomic mass is 35.5. The average molecular weight is 268 g/mol. The van der Waals surface area contributed by atoms with Gasteiger partial charge in [-0.2, -0.15) is 0 Å². The van der Waals surface area contributed by atoms with Crippen LogP contribution in [-0.4, -0.2) is 17.9 Å². The number of aldehydes is 1.